The van der Waals surface area contributed by atoms with Crippen LogP contribution in [0.5, 0.6) is 5.75 Å². The van der Waals surface area contributed by atoms with Crippen molar-refractivity contribution in [3.05, 3.63) is 69.4 Å². The molecule has 2 aromatic carbocycles. The second-order valence-corrected chi connectivity index (χ2v) is 25.2. The summed E-state index contributed by atoms with van der Waals surface area (Å²) >= 11 is 2.24. The minimum Gasteiger partial charge on any atom is -0.494 e. The van der Waals surface area contributed by atoms with Crippen LogP contribution in [0.4, 0.5) is 8.78 Å². The summed E-state index contributed by atoms with van der Waals surface area (Å²) in [7, 11) is 1.45. The number of hydrogen-bond acceptors (Lipinski definition) is 16. The zero-order valence-corrected chi connectivity index (χ0v) is 54.8. The Hall–Kier alpha value is -7.02. The van der Waals surface area contributed by atoms with E-state index in [2.05, 4.69) is 53.8 Å². The van der Waals surface area contributed by atoms with Crippen molar-refractivity contribution in [2.75, 3.05) is 131 Å². The average Bonchev–Trinajstić information content (AvgIpc) is 1.31. The number of benzene rings is 2. The summed E-state index contributed by atoms with van der Waals surface area (Å²) in [4.78, 5) is 133. The number of fused-ring (bicyclic) bond motifs is 1. The molecule has 3 aromatic rings. The topological polar surface area (TPSA) is 316 Å². The molecular weight excluding hydrogens is 1310 g/mol. The Bertz CT molecular complexity index is 2930. The lowest BCUT2D eigenvalue weighted by Gasteiger charge is -2.33. The van der Waals surface area contributed by atoms with Gasteiger partial charge in [0.25, 0.3) is 11.8 Å². The zero-order valence-electron chi connectivity index (χ0n) is 52.7. The molecule has 7 N–H and O–H groups in total. The largest absolute Gasteiger partial charge is 0.494 e. The maximum Gasteiger partial charge on any atom is 0.317 e. The van der Waals surface area contributed by atoms with Crippen molar-refractivity contribution < 1.29 is 72.0 Å². The molecule has 0 aliphatic carbocycles. The number of aliphatic imine (C=N–C) groups is 1. The standard InChI is InChI=1S/C64H91F2IN12O13/c1-68-39-49-38-64(65,66)45-79(49)58(83)40-72-62(90)51-20-25-69-53-19-18-50(37-52(51)53)92-36-6-4-9-47-21-26-78(27-22-47)57(82)13-3-2-5-23-71-63(91)54(11-8-24-70-55(80)12-7-10-46-14-16-48(67)17-15-46)73-56(81)41-74-28-30-75(42-59(84)85)32-34-77(44-61(88)89)35-33-76(31-29-74)43-60(86)87/h14-20,25,37,39,47,49,54H,2-13,21-24,26-36,38,40-45H2,1H3,(H,70,80)(H,71,91)(H,72,90)(H,73,81)(H,84,85)(H,86,87)(H,88,89)/b68-39+/t49-,54+/m1/s1. The SMILES string of the molecule is C/N=C/[C@H]1CC(F)(F)CN1C(=O)CNC(=O)c1ccnc2ccc(OCCCCC3CCN(C(=O)CCCCCNC(=O)[C@H](CCCNC(=O)CCCc4ccc(I)cc4)NC(=O)CN4CCN(CC(=O)O)CCN(CC(=O)O)CCN(CC(=O)O)CC4)CC3)cc12. The smallest absolute Gasteiger partial charge is 0.317 e. The molecule has 0 bridgehead atoms. The first-order chi connectivity index (χ1) is 44.1. The number of aliphatic carboxylic acids is 3. The molecule has 3 aliphatic heterocycles. The van der Waals surface area contributed by atoms with Gasteiger partial charge < -0.3 is 51.1 Å². The number of nitrogens with one attached hydrogen (secondary N) is 4. The number of nitrogens with zero attached hydrogens (tertiary/aromatic N) is 8. The van der Waals surface area contributed by atoms with Gasteiger partial charge in [-0.2, -0.15) is 0 Å². The molecular formula is C64H91F2IN12O13. The van der Waals surface area contributed by atoms with Crippen LogP contribution in [0, 0.1) is 9.49 Å². The van der Waals surface area contributed by atoms with Crippen molar-refractivity contribution in [2.45, 2.75) is 114 Å². The van der Waals surface area contributed by atoms with Gasteiger partial charge in [-0.25, -0.2) is 8.78 Å². The van der Waals surface area contributed by atoms with Gasteiger partial charge in [0, 0.05) is 126 Å². The van der Waals surface area contributed by atoms with E-state index < -0.39 is 79.1 Å². The van der Waals surface area contributed by atoms with Crippen molar-refractivity contribution in [1.29, 1.82) is 0 Å². The quantitative estimate of drug-likeness (QED) is 0.0254. The molecule has 0 spiro atoms. The molecule has 0 radical (unpaired) electrons. The normalized spacial score (nSPS) is 17.8. The molecule has 2 atom stereocenters. The fraction of sp³-hybridized carbons (Fsp3) is 0.609. The first-order valence-electron chi connectivity index (χ1n) is 31.9. The lowest BCUT2D eigenvalue weighted by atomic mass is 9.91. The summed E-state index contributed by atoms with van der Waals surface area (Å²) in [5, 5.41) is 40.7. The first-order valence-corrected chi connectivity index (χ1v) is 33.0. The van der Waals surface area contributed by atoms with Crippen LogP contribution in [-0.2, 0) is 44.8 Å². The number of amides is 6. The highest BCUT2D eigenvalue weighted by Gasteiger charge is 2.46. The van der Waals surface area contributed by atoms with Crippen LogP contribution in [0.25, 0.3) is 10.9 Å². The highest BCUT2D eigenvalue weighted by Crippen LogP contribution is 2.32. The lowest BCUT2D eigenvalue weighted by Crippen LogP contribution is -2.52. The minimum atomic E-state index is -3.04. The number of carboxylic acids is 3. The molecule has 6 rings (SSSR count). The molecule has 506 valence electrons. The highest BCUT2D eigenvalue weighted by molar-refractivity contribution is 14.1. The Morgan fingerprint density at radius 2 is 1.32 bits per heavy atom. The monoisotopic (exact) mass is 1400 g/mol. The van der Waals surface area contributed by atoms with Gasteiger partial charge in [0.1, 0.15) is 11.8 Å². The van der Waals surface area contributed by atoms with E-state index in [4.69, 9.17) is 4.74 Å². The van der Waals surface area contributed by atoms with Crippen LogP contribution >= 0.6 is 22.6 Å². The Morgan fingerprint density at radius 3 is 1.93 bits per heavy atom. The predicted octanol–water partition coefficient (Wildman–Crippen LogP) is 3.85. The second kappa shape index (κ2) is 38.9. The summed E-state index contributed by atoms with van der Waals surface area (Å²) in [5.74, 6) is -7.32. The average molecular weight is 1400 g/mol. The highest BCUT2D eigenvalue weighted by atomic mass is 127. The van der Waals surface area contributed by atoms with Crippen LogP contribution < -0.4 is 26.0 Å². The molecule has 25 nitrogen and oxygen atoms in total. The minimum absolute atomic E-state index is 0.0932. The van der Waals surface area contributed by atoms with E-state index in [0.29, 0.717) is 93.8 Å². The van der Waals surface area contributed by atoms with Crippen LogP contribution in [0.1, 0.15) is 106 Å². The van der Waals surface area contributed by atoms with Crippen LogP contribution in [0.15, 0.2) is 59.7 Å². The van der Waals surface area contributed by atoms with Gasteiger partial charge >= 0.3 is 17.9 Å². The number of pyridine rings is 1. The van der Waals surface area contributed by atoms with Crippen molar-refractivity contribution >= 4 is 93.1 Å². The van der Waals surface area contributed by atoms with Crippen molar-refractivity contribution in [2.24, 2.45) is 10.9 Å². The van der Waals surface area contributed by atoms with E-state index in [0.717, 1.165) is 52.6 Å². The number of ether oxygens (including phenoxy) is 1. The van der Waals surface area contributed by atoms with E-state index in [1.165, 1.54) is 25.5 Å². The third kappa shape index (κ3) is 26.9. The summed E-state index contributed by atoms with van der Waals surface area (Å²) in [6, 6.07) is 13.1. The number of unbranched alkanes of at least 4 members (excludes halogenated alkanes) is 3. The Labute approximate surface area is 549 Å². The van der Waals surface area contributed by atoms with Crippen LogP contribution in [0.2, 0.25) is 0 Å². The van der Waals surface area contributed by atoms with Gasteiger partial charge in [-0.1, -0.05) is 25.0 Å². The molecule has 0 saturated carbocycles. The number of aryl methyl sites for hydroxylation is 1. The molecule has 6 amide bonds. The first kappa shape index (κ1) is 74.0. The van der Waals surface area contributed by atoms with Crippen molar-refractivity contribution in [3.8, 4) is 5.75 Å². The van der Waals surface area contributed by atoms with E-state index >= 15 is 0 Å². The maximum absolute atomic E-state index is 14.1. The third-order valence-electron chi connectivity index (χ3n) is 16.7. The van der Waals surface area contributed by atoms with E-state index in [1.807, 2.05) is 29.2 Å². The zero-order chi connectivity index (χ0) is 66.4. The van der Waals surface area contributed by atoms with Gasteiger partial charge in [-0.15, -0.1) is 0 Å². The van der Waals surface area contributed by atoms with E-state index in [-0.39, 0.29) is 109 Å². The van der Waals surface area contributed by atoms with E-state index in [1.54, 1.807) is 37.8 Å². The molecule has 3 aliphatic rings. The summed E-state index contributed by atoms with van der Waals surface area (Å²) in [6.07, 6.45) is 11.4. The number of halogens is 3. The third-order valence-corrected chi connectivity index (χ3v) is 17.4. The number of likely N-dealkylation sites (tertiary alicyclic amines) is 2. The number of hydrogen-bond donors (Lipinski definition) is 7. The van der Waals surface area contributed by atoms with Crippen LogP contribution in [0.3, 0.4) is 0 Å². The van der Waals surface area contributed by atoms with Gasteiger partial charge in [-0.3, -0.25) is 72.7 Å². The van der Waals surface area contributed by atoms with Gasteiger partial charge in [-0.05, 0) is 135 Å². The molecule has 92 heavy (non-hydrogen) atoms. The summed E-state index contributed by atoms with van der Waals surface area (Å²) < 4.78 is 35.5. The molecule has 1 aromatic heterocycles. The molecule has 28 heteroatoms. The molecule has 3 fully saturated rings. The molecule has 4 heterocycles. The Kier molecular flexibility index (Phi) is 31.3. The number of aromatic nitrogens is 1. The number of carboxylic acid groups (broad SMARTS) is 3. The Morgan fingerprint density at radius 1 is 0.696 bits per heavy atom. The number of carbonyl (C=O) groups excluding carboxylic acids is 6. The second-order valence-electron chi connectivity index (χ2n) is 23.9. The molecule has 0 unspecified atom stereocenters. The van der Waals surface area contributed by atoms with Gasteiger partial charge in [0.05, 0.1) is 63.0 Å². The number of rotatable bonds is 34. The molecule has 3 saturated heterocycles. The van der Waals surface area contributed by atoms with E-state index in [9.17, 15) is 67.3 Å². The lowest BCUT2D eigenvalue weighted by molar-refractivity contribution is -0.140. The fourth-order valence-corrected chi connectivity index (χ4v) is 12.0. The summed E-state index contributed by atoms with van der Waals surface area (Å²) in [6.45, 7) is 1.83. The fourth-order valence-electron chi connectivity index (χ4n) is 11.7. The predicted molar refractivity (Wildman–Crippen MR) is 349 cm³/mol. The number of piperidine rings is 1. The summed E-state index contributed by atoms with van der Waals surface area (Å²) in [5.41, 5.74) is 1.95. The van der Waals surface area contributed by atoms with Crippen LogP contribution in [-0.4, -0.2) is 259 Å². The van der Waals surface area contributed by atoms with Crippen molar-refractivity contribution in [3.63, 3.8) is 0 Å². The van der Waals surface area contributed by atoms with Gasteiger partial charge in [0.2, 0.25) is 29.5 Å². The van der Waals surface area contributed by atoms with Gasteiger partial charge in [0.15, 0.2) is 0 Å². The van der Waals surface area contributed by atoms with Crippen molar-refractivity contribution in [1.82, 2.24) is 55.7 Å². The maximum atomic E-state index is 14.1. The Balaban J connectivity index is 0.909. The number of alkyl halides is 2. The number of carbonyl (C=O) groups is 9.